The fraction of sp³-hybridized carbons (Fsp3) is 0.350. The van der Waals surface area contributed by atoms with Crippen LogP contribution in [0.1, 0.15) is 41.4 Å². The first-order chi connectivity index (χ1) is 13.1. The zero-order valence-electron chi connectivity index (χ0n) is 15.1. The number of carbonyl (C=O) groups is 1. The molecule has 7 heteroatoms. The summed E-state index contributed by atoms with van der Waals surface area (Å²) in [5.74, 6) is -0.498. The minimum atomic E-state index is -0.648. The standard InChI is InChI=1S/C20H21N3O3S/c1-13-6-4-5-9-23(13)12-15-11-21-20(27-15)22-18(24)16-10-14-7-2-3-8-17(14)26-19(16)25/h2-3,7-8,10-11,13H,4-6,9,12H2,1H3,(H,21,22,24). The van der Waals surface area contributed by atoms with Gasteiger partial charge in [0.15, 0.2) is 5.13 Å². The van der Waals surface area contributed by atoms with Crippen molar-refractivity contribution in [3.8, 4) is 0 Å². The number of carbonyl (C=O) groups excluding carboxylic acids is 1. The Morgan fingerprint density at radius 2 is 2.22 bits per heavy atom. The molecule has 0 aliphatic carbocycles. The lowest BCUT2D eigenvalue weighted by Gasteiger charge is -2.32. The zero-order valence-corrected chi connectivity index (χ0v) is 15.9. The second-order valence-electron chi connectivity index (χ2n) is 6.89. The van der Waals surface area contributed by atoms with Crippen molar-refractivity contribution < 1.29 is 9.21 Å². The van der Waals surface area contributed by atoms with E-state index in [1.807, 2.05) is 6.07 Å². The number of hydrogen-bond acceptors (Lipinski definition) is 6. The maximum Gasteiger partial charge on any atom is 0.349 e. The van der Waals surface area contributed by atoms with Gasteiger partial charge in [-0.05, 0) is 38.4 Å². The van der Waals surface area contributed by atoms with Crippen molar-refractivity contribution in [2.45, 2.75) is 38.8 Å². The molecule has 1 aliphatic heterocycles. The number of hydrogen-bond donors (Lipinski definition) is 1. The first-order valence-corrected chi connectivity index (χ1v) is 9.95. The fourth-order valence-corrected chi connectivity index (χ4v) is 4.25. The minimum Gasteiger partial charge on any atom is -0.422 e. The van der Waals surface area contributed by atoms with Gasteiger partial charge in [-0.1, -0.05) is 24.6 Å². The van der Waals surface area contributed by atoms with Crippen molar-refractivity contribution in [3.63, 3.8) is 0 Å². The molecule has 3 heterocycles. The van der Waals surface area contributed by atoms with Crippen LogP contribution in [0.5, 0.6) is 0 Å². The lowest BCUT2D eigenvalue weighted by Crippen LogP contribution is -2.36. The molecule has 4 rings (SSSR count). The Labute approximate surface area is 160 Å². The predicted molar refractivity (Wildman–Crippen MR) is 106 cm³/mol. The molecule has 3 aromatic rings. The molecule has 1 N–H and O–H groups in total. The second kappa shape index (κ2) is 7.62. The summed E-state index contributed by atoms with van der Waals surface area (Å²) in [7, 11) is 0. The number of piperidine rings is 1. The van der Waals surface area contributed by atoms with Crippen molar-refractivity contribution in [3.05, 3.63) is 57.4 Å². The number of thiazole rings is 1. The van der Waals surface area contributed by atoms with Gasteiger partial charge in [-0.15, -0.1) is 11.3 Å². The highest BCUT2D eigenvalue weighted by atomic mass is 32.1. The largest absolute Gasteiger partial charge is 0.422 e. The summed E-state index contributed by atoms with van der Waals surface area (Å²) in [6, 6.07) is 9.24. The Bertz CT molecular complexity index is 1030. The Hall–Kier alpha value is -2.51. The van der Waals surface area contributed by atoms with E-state index >= 15 is 0 Å². The molecule has 1 saturated heterocycles. The Kier molecular flexibility index (Phi) is 5.05. The number of rotatable bonds is 4. The van der Waals surface area contributed by atoms with E-state index in [0.29, 0.717) is 22.1 Å². The number of para-hydroxylation sites is 1. The highest BCUT2D eigenvalue weighted by Gasteiger charge is 2.20. The van der Waals surface area contributed by atoms with Crippen LogP contribution in [0.2, 0.25) is 0 Å². The molecule has 1 unspecified atom stereocenters. The van der Waals surface area contributed by atoms with Crippen LogP contribution in [0.3, 0.4) is 0 Å². The third kappa shape index (κ3) is 3.94. The van der Waals surface area contributed by atoms with Gasteiger partial charge in [0.05, 0.1) is 0 Å². The first-order valence-electron chi connectivity index (χ1n) is 9.13. The van der Waals surface area contributed by atoms with Gasteiger partial charge in [0, 0.05) is 29.0 Å². The average molecular weight is 383 g/mol. The molecule has 1 aromatic carbocycles. The van der Waals surface area contributed by atoms with E-state index in [0.717, 1.165) is 18.0 Å². The van der Waals surface area contributed by atoms with E-state index in [4.69, 9.17) is 4.42 Å². The molecule has 0 radical (unpaired) electrons. The SMILES string of the molecule is CC1CCCCN1Cc1cnc(NC(=O)c2cc3ccccc3oc2=O)s1. The molecule has 1 aliphatic rings. The molecule has 140 valence electrons. The fourth-order valence-electron chi connectivity index (χ4n) is 3.42. The van der Waals surface area contributed by atoms with Crippen molar-refractivity contribution in [2.75, 3.05) is 11.9 Å². The van der Waals surface area contributed by atoms with Gasteiger partial charge in [0.2, 0.25) is 0 Å². The molecular formula is C20H21N3O3S. The number of benzene rings is 1. The van der Waals surface area contributed by atoms with Gasteiger partial charge < -0.3 is 4.42 Å². The molecule has 1 fully saturated rings. The third-order valence-corrected chi connectivity index (χ3v) is 5.86. The molecule has 2 aromatic heterocycles. The number of nitrogens with one attached hydrogen (secondary N) is 1. The average Bonchev–Trinajstić information content (AvgIpc) is 3.10. The summed E-state index contributed by atoms with van der Waals surface area (Å²) in [5, 5.41) is 3.92. The van der Waals surface area contributed by atoms with E-state index in [1.54, 1.807) is 30.5 Å². The smallest absolute Gasteiger partial charge is 0.349 e. The van der Waals surface area contributed by atoms with Gasteiger partial charge in [-0.2, -0.15) is 0 Å². The maximum absolute atomic E-state index is 12.5. The van der Waals surface area contributed by atoms with Gasteiger partial charge in [-0.25, -0.2) is 9.78 Å². The molecule has 6 nitrogen and oxygen atoms in total. The summed E-state index contributed by atoms with van der Waals surface area (Å²) in [6.45, 7) is 4.19. The molecule has 27 heavy (non-hydrogen) atoms. The number of likely N-dealkylation sites (tertiary alicyclic amines) is 1. The predicted octanol–water partition coefficient (Wildman–Crippen LogP) is 3.88. The van der Waals surface area contributed by atoms with Crippen LogP contribution in [-0.4, -0.2) is 28.4 Å². The molecular weight excluding hydrogens is 362 g/mol. The quantitative estimate of drug-likeness (QED) is 0.692. The summed E-state index contributed by atoms with van der Waals surface area (Å²) >= 11 is 1.44. The number of fused-ring (bicyclic) bond motifs is 1. The Morgan fingerprint density at radius 1 is 1.37 bits per heavy atom. The Balaban J connectivity index is 1.48. The maximum atomic E-state index is 12.5. The minimum absolute atomic E-state index is 0.0184. The third-order valence-electron chi connectivity index (χ3n) is 4.96. The van der Waals surface area contributed by atoms with E-state index in [2.05, 4.69) is 22.1 Å². The summed E-state index contributed by atoms with van der Waals surface area (Å²) in [4.78, 5) is 32.5. The summed E-state index contributed by atoms with van der Waals surface area (Å²) in [5.41, 5.74) is -0.202. The number of amides is 1. The van der Waals surface area contributed by atoms with Crippen LogP contribution in [0.15, 0.2) is 45.7 Å². The summed E-state index contributed by atoms with van der Waals surface area (Å²) < 4.78 is 5.23. The normalized spacial score (nSPS) is 17.9. The van der Waals surface area contributed by atoms with Gasteiger partial charge in [-0.3, -0.25) is 15.0 Å². The molecule has 0 saturated carbocycles. The highest BCUT2D eigenvalue weighted by molar-refractivity contribution is 7.15. The molecule has 1 amide bonds. The van der Waals surface area contributed by atoms with Crippen molar-refractivity contribution in [2.24, 2.45) is 0 Å². The number of aromatic nitrogens is 1. The van der Waals surface area contributed by atoms with Crippen molar-refractivity contribution in [1.82, 2.24) is 9.88 Å². The Morgan fingerprint density at radius 3 is 3.07 bits per heavy atom. The number of anilines is 1. The molecule has 1 atom stereocenters. The van der Waals surface area contributed by atoms with Gasteiger partial charge in [0.25, 0.3) is 5.91 Å². The van der Waals surface area contributed by atoms with Crippen LogP contribution >= 0.6 is 11.3 Å². The van der Waals surface area contributed by atoms with Crippen LogP contribution in [0.4, 0.5) is 5.13 Å². The topological polar surface area (TPSA) is 75.4 Å². The first kappa shape index (κ1) is 17.9. The summed E-state index contributed by atoms with van der Waals surface area (Å²) in [6.07, 6.45) is 5.53. The molecule has 0 bridgehead atoms. The van der Waals surface area contributed by atoms with Gasteiger partial charge in [0.1, 0.15) is 11.1 Å². The van der Waals surface area contributed by atoms with Crippen LogP contribution in [-0.2, 0) is 6.54 Å². The zero-order chi connectivity index (χ0) is 18.8. The van der Waals surface area contributed by atoms with Crippen LogP contribution < -0.4 is 10.9 Å². The van der Waals surface area contributed by atoms with Crippen LogP contribution in [0, 0.1) is 0 Å². The lowest BCUT2D eigenvalue weighted by atomic mass is 10.0. The highest BCUT2D eigenvalue weighted by Crippen LogP contribution is 2.24. The van der Waals surface area contributed by atoms with E-state index in [9.17, 15) is 9.59 Å². The molecule has 0 spiro atoms. The lowest BCUT2D eigenvalue weighted by molar-refractivity contribution is 0.102. The number of nitrogens with zero attached hydrogens (tertiary/aromatic N) is 2. The van der Waals surface area contributed by atoms with E-state index < -0.39 is 11.5 Å². The van der Waals surface area contributed by atoms with Crippen LogP contribution in [0.25, 0.3) is 11.0 Å². The van der Waals surface area contributed by atoms with Crippen molar-refractivity contribution in [1.29, 1.82) is 0 Å². The van der Waals surface area contributed by atoms with E-state index in [1.165, 1.54) is 30.6 Å². The van der Waals surface area contributed by atoms with Crippen molar-refractivity contribution >= 4 is 33.3 Å². The van der Waals surface area contributed by atoms with Gasteiger partial charge >= 0.3 is 5.63 Å². The monoisotopic (exact) mass is 383 g/mol. The second-order valence-corrected chi connectivity index (χ2v) is 8.00. The van der Waals surface area contributed by atoms with E-state index in [-0.39, 0.29) is 5.56 Å².